The van der Waals surface area contributed by atoms with Crippen LogP contribution in [0.5, 0.6) is 0 Å². The normalized spacial score (nSPS) is 10.2. The standard InChI is InChI=1S/C10H13ClS/c1-8-4-5-9(3-2-6-11)10(12)7-8/h4-5,7,12H,2-3,6H2,1H3. The van der Waals surface area contributed by atoms with Crippen molar-refractivity contribution in [3.05, 3.63) is 29.3 Å². The molecule has 0 spiro atoms. The zero-order valence-corrected chi connectivity index (χ0v) is 8.83. The van der Waals surface area contributed by atoms with Gasteiger partial charge in [0.15, 0.2) is 0 Å². The van der Waals surface area contributed by atoms with E-state index >= 15 is 0 Å². The summed E-state index contributed by atoms with van der Waals surface area (Å²) in [6.07, 6.45) is 2.06. The summed E-state index contributed by atoms with van der Waals surface area (Å²) in [6, 6.07) is 6.33. The maximum absolute atomic E-state index is 5.61. The van der Waals surface area contributed by atoms with Crippen molar-refractivity contribution in [2.24, 2.45) is 0 Å². The molecule has 0 unspecified atom stereocenters. The maximum Gasteiger partial charge on any atom is 0.0226 e. The van der Waals surface area contributed by atoms with Gasteiger partial charge in [0, 0.05) is 10.8 Å². The highest BCUT2D eigenvalue weighted by Crippen LogP contribution is 2.17. The second-order valence-corrected chi connectivity index (χ2v) is 3.78. The van der Waals surface area contributed by atoms with Gasteiger partial charge in [0.05, 0.1) is 0 Å². The highest BCUT2D eigenvalue weighted by molar-refractivity contribution is 7.80. The summed E-state index contributed by atoms with van der Waals surface area (Å²) in [5.41, 5.74) is 2.55. The molecule has 0 bridgehead atoms. The molecule has 0 atom stereocenters. The Morgan fingerprint density at radius 3 is 2.75 bits per heavy atom. The lowest BCUT2D eigenvalue weighted by molar-refractivity contribution is 0.906. The van der Waals surface area contributed by atoms with Crippen molar-refractivity contribution in [3.8, 4) is 0 Å². The van der Waals surface area contributed by atoms with E-state index in [1.807, 2.05) is 0 Å². The molecule has 0 aliphatic carbocycles. The highest BCUT2D eigenvalue weighted by atomic mass is 35.5. The fraction of sp³-hybridized carbons (Fsp3) is 0.400. The minimum absolute atomic E-state index is 0.723. The van der Waals surface area contributed by atoms with Crippen molar-refractivity contribution < 1.29 is 0 Å². The number of hydrogen-bond donors (Lipinski definition) is 1. The molecular weight excluding hydrogens is 188 g/mol. The summed E-state index contributed by atoms with van der Waals surface area (Å²) in [5.74, 6) is 0.723. The Labute approximate surface area is 84.3 Å². The first-order chi connectivity index (χ1) is 5.74. The van der Waals surface area contributed by atoms with Crippen molar-refractivity contribution in [1.82, 2.24) is 0 Å². The Morgan fingerprint density at radius 1 is 1.42 bits per heavy atom. The summed E-state index contributed by atoms with van der Waals surface area (Å²) in [7, 11) is 0. The van der Waals surface area contributed by atoms with Crippen LogP contribution in [-0.2, 0) is 6.42 Å². The molecular formula is C10H13ClS. The van der Waals surface area contributed by atoms with Gasteiger partial charge in [-0.15, -0.1) is 24.2 Å². The van der Waals surface area contributed by atoms with Crippen molar-refractivity contribution in [3.63, 3.8) is 0 Å². The topological polar surface area (TPSA) is 0 Å². The summed E-state index contributed by atoms with van der Waals surface area (Å²) in [4.78, 5) is 1.08. The molecule has 0 fully saturated rings. The minimum Gasteiger partial charge on any atom is -0.143 e. The van der Waals surface area contributed by atoms with Crippen LogP contribution in [0.3, 0.4) is 0 Å². The molecule has 0 aliphatic heterocycles. The molecule has 0 nitrogen and oxygen atoms in total. The Kier molecular flexibility index (Phi) is 3.96. The Morgan fingerprint density at radius 2 is 2.17 bits per heavy atom. The summed E-state index contributed by atoms with van der Waals surface area (Å²) >= 11 is 10.0. The van der Waals surface area contributed by atoms with E-state index in [2.05, 4.69) is 37.8 Å². The van der Waals surface area contributed by atoms with Crippen LogP contribution in [0.15, 0.2) is 23.1 Å². The average Bonchev–Trinajstić information content (AvgIpc) is 2.03. The fourth-order valence-electron chi connectivity index (χ4n) is 1.14. The predicted octanol–water partition coefficient (Wildman–Crippen LogP) is 3.46. The van der Waals surface area contributed by atoms with Crippen molar-refractivity contribution >= 4 is 24.2 Å². The molecule has 2 heteroatoms. The summed E-state index contributed by atoms with van der Waals surface area (Å²) in [6.45, 7) is 2.07. The zero-order chi connectivity index (χ0) is 8.97. The van der Waals surface area contributed by atoms with Crippen molar-refractivity contribution in [1.29, 1.82) is 0 Å². The average molecular weight is 201 g/mol. The van der Waals surface area contributed by atoms with Crippen LogP contribution in [0.4, 0.5) is 0 Å². The van der Waals surface area contributed by atoms with Gasteiger partial charge in [-0.25, -0.2) is 0 Å². The molecule has 1 rings (SSSR count). The molecule has 0 aromatic heterocycles. The number of alkyl halides is 1. The second-order valence-electron chi connectivity index (χ2n) is 2.92. The number of aryl methyl sites for hydroxylation is 2. The molecule has 0 N–H and O–H groups in total. The molecule has 0 heterocycles. The maximum atomic E-state index is 5.61. The smallest absolute Gasteiger partial charge is 0.0226 e. The molecule has 0 saturated heterocycles. The van der Waals surface area contributed by atoms with E-state index in [-0.39, 0.29) is 0 Å². The van der Waals surface area contributed by atoms with Crippen LogP contribution in [0.1, 0.15) is 17.5 Å². The lowest BCUT2D eigenvalue weighted by Crippen LogP contribution is -1.88. The first kappa shape index (κ1) is 9.94. The minimum atomic E-state index is 0.723. The van der Waals surface area contributed by atoms with Crippen LogP contribution in [0.2, 0.25) is 0 Å². The largest absolute Gasteiger partial charge is 0.143 e. The zero-order valence-electron chi connectivity index (χ0n) is 7.18. The summed E-state index contributed by atoms with van der Waals surface area (Å²) < 4.78 is 0. The third kappa shape index (κ3) is 2.72. The SMILES string of the molecule is Cc1ccc(CCCCl)c(S)c1. The van der Waals surface area contributed by atoms with Gasteiger partial charge in [0.2, 0.25) is 0 Å². The first-order valence-corrected chi connectivity index (χ1v) is 5.06. The third-order valence-electron chi connectivity index (χ3n) is 1.82. The quantitative estimate of drug-likeness (QED) is 0.561. The molecule has 66 valence electrons. The van der Waals surface area contributed by atoms with Gasteiger partial charge in [0.25, 0.3) is 0 Å². The van der Waals surface area contributed by atoms with Crippen LogP contribution >= 0.6 is 24.2 Å². The van der Waals surface area contributed by atoms with Crippen molar-refractivity contribution in [2.75, 3.05) is 5.88 Å². The van der Waals surface area contributed by atoms with Gasteiger partial charge in [-0.3, -0.25) is 0 Å². The van der Waals surface area contributed by atoms with E-state index in [0.29, 0.717) is 0 Å². The molecule has 0 radical (unpaired) electrons. The number of halogens is 1. The monoisotopic (exact) mass is 200 g/mol. The van der Waals surface area contributed by atoms with Gasteiger partial charge in [-0.05, 0) is 31.4 Å². The lowest BCUT2D eigenvalue weighted by Gasteiger charge is -2.04. The molecule has 12 heavy (non-hydrogen) atoms. The second kappa shape index (κ2) is 4.78. The van der Waals surface area contributed by atoms with Gasteiger partial charge in [-0.2, -0.15) is 0 Å². The Hall–Kier alpha value is -0.140. The number of rotatable bonds is 3. The van der Waals surface area contributed by atoms with Gasteiger partial charge in [-0.1, -0.05) is 17.7 Å². The molecule has 1 aromatic rings. The van der Waals surface area contributed by atoms with Crippen LogP contribution in [-0.4, -0.2) is 5.88 Å². The van der Waals surface area contributed by atoms with Gasteiger partial charge in [0.1, 0.15) is 0 Å². The molecule has 1 aromatic carbocycles. The first-order valence-electron chi connectivity index (χ1n) is 4.08. The van der Waals surface area contributed by atoms with Crippen molar-refractivity contribution in [2.45, 2.75) is 24.7 Å². The molecule has 0 saturated carbocycles. The van der Waals surface area contributed by atoms with E-state index in [0.717, 1.165) is 23.6 Å². The van der Waals surface area contributed by atoms with E-state index in [1.165, 1.54) is 11.1 Å². The van der Waals surface area contributed by atoms with Gasteiger partial charge >= 0.3 is 0 Å². The fourth-order valence-corrected chi connectivity index (χ4v) is 1.67. The Balaban J connectivity index is 2.72. The predicted molar refractivity (Wildman–Crippen MR) is 57.5 cm³/mol. The van der Waals surface area contributed by atoms with Gasteiger partial charge < -0.3 is 0 Å². The van der Waals surface area contributed by atoms with Crippen LogP contribution in [0, 0.1) is 6.92 Å². The Bertz CT molecular complexity index is 258. The van der Waals surface area contributed by atoms with Crippen LogP contribution < -0.4 is 0 Å². The highest BCUT2D eigenvalue weighted by Gasteiger charge is 1.97. The van der Waals surface area contributed by atoms with E-state index in [1.54, 1.807) is 0 Å². The van der Waals surface area contributed by atoms with Crippen LogP contribution in [0.25, 0.3) is 0 Å². The number of thiol groups is 1. The number of benzene rings is 1. The van der Waals surface area contributed by atoms with E-state index in [4.69, 9.17) is 11.6 Å². The van der Waals surface area contributed by atoms with E-state index in [9.17, 15) is 0 Å². The number of hydrogen-bond acceptors (Lipinski definition) is 1. The third-order valence-corrected chi connectivity index (χ3v) is 2.50. The lowest BCUT2D eigenvalue weighted by atomic mass is 10.1. The summed E-state index contributed by atoms with van der Waals surface area (Å²) in [5, 5.41) is 0. The van der Waals surface area contributed by atoms with E-state index < -0.39 is 0 Å². The molecule has 0 aliphatic rings. The molecule has 0 amide bonds.